The number of aliphatic carboxylic acids is 1. The number of fused-ring (bicyclic) bond motifs is 2. The summed E-state index contributed by atoms with van der Waals surface area (Å²) in [4.78, 5) is 41.4. The molecule has 0 aromatic heterocycles. The van der Waals surface area contributed by atoms with Crippen molar-refractivity contribution in [2.45, 2.75) is 224 Å². The van der Waals surface area contributed by atoms with Crippen LogP contribution in [-0.2, 0) is 28.6 Å². The molecule has 20 heteroatoms. The van der Waals surface area contributed by atoms with Crippen molar-refractivity contribution >= 4 is 23.9 Å². The summed E-state index contributed by atoms with van der Waals surface area (Å²) < 4.78 is 17.4. The molecule has 20 atom stereocenters. The van der Waals surface area contributed by atoms with E-state index in [2.05, 4.69) is 29.4 Å². The van der Waals surface area contributed by atoms with Crippen LogP contribution in [0.5, 0.6) is 0 Å². The Hall–Kier alpha value is -3.54. The van der Waals surface area contributed by atoms with Crippen LogP contribution in [0.3, 0.4) is 0 Å². The number of allylic oxidation sites excluding steroid dienone is 2. The molecule has 2 bridgehead atoms. The van der Waals surface area contributed by atoms with Gasteiger partial charge in [0, 0.05) is 75.4 Å². The van der Waals surface area contributed by atoms with E-state index in [1.807, 2.05) is 13.8 Å². The number of carboxylic acids is 1. The Morgan fingerprint density at radius 3 is 2.11 bits per heavy atom. The van der Waals surface area contributed by atoms with Crippen molar-refractivity contribution in [2.24, 2.45) is 52.2 Å². The van der Waals surface area contributed by atoms with Gasteiger partial charge in [-0.1, -0.05) is 85.3 Å². The highest BCUT2D eigenvalue weighted by Gasteiger charge is 2.50. The van der Waals surface area contributed by atoms with Crippen LogP contribution in [0.25, 0.3) is 0 Å². The second kappa shape index (κ2) is 33.6. The molecule has 0 amide bonds. The molecule has 2 rings (SSSR count). The minimum absolute atomic E-state index is 0.0910. The summed E-state index contributed by atoms with van der Waals surface area (Å²) in [5.74, 6) is -8.53. The van der Waals surface area contributed by atoms with Gasteiger partial charge in [0.25, 0.3) is 0 Å². The standard InChI is InChI=1S/C54H95N3O17/c1-31(15-13-11-9-10-12-14-22-57-53(55)56-8)23-35(5)51-34(4)17-20-42(60)36(6)44(62)25-38(58)24-39(72-50(69)29-48(66)67)26-40-27-46(64)52(70)54(71,74-40)30-47(65)33(3)16-19-41(59)37(7)45(63)28-43(61)32(2)18-21-49(68)73-51/h9-10,17-18,20-21,31-47,51-52,58-65,70-71H,11-16,19,22-30H2,1-8H3,(H,66,67)(H3,55,56,57)/b10-9+,20-17-,21-18-. The number of hydrogen-bond donors (Lipinski definition) is 13. The number of rotatable bonds is 14. The second-order valence-corrected chi connectivity index (χ2v) is 21.7. The minimum Gasteiger partial charge on any atom is -0.481 e. The number of nitrogens with one attached hydrogen (secondary N) is 1. The lowest BCUT2D eigenvalue weighted by atomic mass is 9.83. The van der Waals surface area contributed by atoms with E-state index >= 15 is 0 Å². The lowest BCUT2D eigenvalue weighted by molar-refractivity contribution is -0.333. The molecule has 0 aromatic carbocycles. The number of esters is 2. The number of nitrogens with zero attached hydrogens (tertiary/aromatic N) is 1. The molecule has 2 aliphatic heterocycles. The summed E-state index contributed by atoms with van der Waals surface area (Å²) in [5.41, 5.74) is 5.67. The monoisotopic (exact) mass is 1060 g/mol. The Balaban J connectivity index is 2.41. The van der Waals surface area contributed by atoms with Gasteiger partial charge in [0.05, 0.1) is 54.9 Å². The molecule has 2 aliphatic rings. The Morgan fingerprint density at radius 1 is 0.811 bits per heavy atom. The molecule has 0 aliphatic carbocycles. The highest BCUT2D eigenvalue weighted by molar-refractivity contribution is 5.90. The van der Waals surface area contributed by atoms with Crippen LogP contribution >= 0.6 is 0 Å². The number of hydrogen-bond acceptors (Lipinski definition) is 17. The van der Waals surface area contributed by atoms with Crippen LogP contribution in [0.15, 0.2) is 41.4 Å². The highest BCUT2D eigenvalue weighted by atomic mass is 16.7. The fourth-order valence-corrected chi connectivity index (χ4v) is 9.77. The minimum atomic E-state index is -2.52. The van der Waals surface area contributed by atoms with E-state index in [1.165, 1.54) is 18.2 Å². The molecular formula is C54H95N3O17. The lowest BCUT2D eigenvalue weighted by Crippen LogP contribution is -2.60. The van der Waals surface area contributed by atoms with E-state index < -0.39 is 139 Å². The third-order valence-electron chi connectivity index (χ3n) is 15.0. The average molecular weight is 1060 g/mol. The van der Waals surface area contributed by atoms with Crippen molar-refractivity contribution < 1.29 is 84.8 Å². The summed E-state index contributed by atoms with van der Waals surface area (Å²) in [7, 11) is 1.63. The van der Waals surface area contributed by atoms with Gasteiger partial charge in [-0.3, -0.25) is 14.6 Å². The van der Waals surface area contributed by atoms with Crippen molar-refractivity contribution in [1.82, 2.24) is 5.32 Å². The highest BCUT2D eigenvalue weighted by Crippen LogP contribution is 2.36. The Kier molecular flexibility index (Phi) is 30.2. The van der Waals surface area contributed by atoms with Crippen LogP contribution in [0.1, 0.15) is 145 Å². The number of aliphatic hydroxyl groups excluding tert-OH is 9. The van der Waals surface area contributed by atoms with Crippen molar-refractivity contribution in [3.05, 3.63) is 36.5 Å². The zero-order chi connectivity index (χ0) is 55.9. The molecule has 2 heterocycles. The van der Waals surface area contributed by atoms with Gasteiger partial charge in [-0.05, 0) is 69.1 Å². The van der Waals surface area contributed by atoms with Crippen LogP contribution < -0.4 is 11.1 Å². The molecule has 0 saturated carbocycles. The van der Waals surface area contributed by atoms with E-state index in [-0.39, 0.29) is 56.8 Å². The predicted octanol–water partition coefficient (Wildman–Crippen LogP) is 2.75. The maximum Gasteiger partial charge on any atom is 0.330 e. The van der Waals surface area contributed by atoms with Crippen molar-refractivity contribution in [3.63, 3.8) is 0 Å². The number of carbonyl (C=O) groups excluding carboxylic acids is 2. The second-order valence-electron chi connectivity index (χ2n) is 21.7. The third-order valence-corrected chi connectivity index (χ3v) is 15.0. The maximum absolute atomic E-state index is 13.5. The number of ether oxygens (including phenoxy) is 3. The SMILES string of the molecule is CN=C(N)NCCC/C=C/CCCC(C)CC(C)C1OC(=O)/C=C\C(C)C(O)CC(O)C(C)C(O)CCC(C)C(O)CC2(O)OC(CC(OC(=O)CC(=O)O)CC(O)CC(O)C(C)C(O)/C=C\C1C)CC(O)C2O. The average Bonchev–Trinajstić information content (AvgIpc) is 3.32. The van der Waals surface area contributed by atoms with Gasteiger partial charge in [-0.2, -0.15) is 0 Å². The molecule has 1 fully saturated rings. The number of guanidine groups is 1. The molecular weight excluding hydrogens is 963 g/mol. The van der Waals surface area contributed by atoms with E-state index in [0.717, 1.165) is 38.6 Å². The predicted molar refractivity (Wildman–Crippen MR) is 278 cm³/mol. The molecule has 0 spiro atoms. The number of unbranched alkanes of at least 4 members (excludes halogenated alkanes) is 2. The largest absolute Gasteiger partial charge is 0.481 e. The Labute approximate surface area is 438 Å². The summed E-state index contributed by atoms with van der Waals surface area (Å²) in [6.07, 6.45) is -2.38. The maximum atomic E-state index is 13.5. The van der Waals surface area contributed by atoms with Gasteiger partial charge in [0.1, 0.15) is 24.7 Å². The normalized spacial score (nSPS) is 38.2. The fraction of sp³-hybridized carbons (Fsp3) is 0.815. The van der Waals surface area contributed by atoms with Crippen molar-refractivity contribution in [2.75, 3.05) is 13.6 Å². The van der Waals surface area contributed by atoms with Gasteiger partial charge >= 0.3 is 17.9 Å². The Bertz CT molecular complexity index is 1770. The quantitative estimate of drug-likeness (QED) is 0.0297. The molecule has 20 unspecified atom stereocenters. The van der Waals surface area contributed by atoms with Crippen LogP contribution in [0.2, 0.25) is 0 Å². The molecule has 14 N–H and O–H groups in total. The smallest absolute Gasteiger partial charge is 0.330 e. The zero-order valence-electron chi connectivity index (χ0n) is 45.1. The van der Waals surface area contributed by atoms with E-state index in [0.29, 0.717) is 12.4 Å². The van der Waals surface area contributed by atoms with Gasteiger partial charge in [0.2, 0.25) is 0 Å². The van der Waals surface area contributed by atoms with Crippen LogP contribution in [0.4, 0.5) is 0 Å². The number of aliphatic hydroxyl groups is 10. The first-order valence-electron chi connectivity index (χ1n) is 26.8. The summed E-state index contributed by atoms with van der Waals surface area (Å²) in [6, 6.07) is 0. The van der Waals surface area contributed by atoms with Crippen molar-refractivity contribution in [3.8, 4) is 0 Å². The molecule has 1 saturated heterocycles. The number of carboxylic acid groups (broad SMARTS) is 1. The summed E-state index contributed by atoms with van der Waals surface area (Å²) >= 11 is 0. The van der Waals surface area contributed by atoms with E-state index in [9.17, 15) is 70.6 Å². The number of nitrogens with two attached hydrogens (primary N) is 1. The van der Waals surface area contributed by atoms with Gasteiger partial charge in [0.15, 0.2) is 11.7 Å². The molecule has 0 radical (unpaired) electrons. The number of aliphatic imine (C=N–C) groups is 1. The first-order chi connectivity index (χ1) is 34.7. The zero-order valence-corrected chi connectivity index (χ0v) is 45.1. The van der Waals surface area contributed by atoms with Crippen LogP contribution in [-0.4, -0.2) is 173 Å². The molecule has 20 nitrogen and oxygen atoms in total. The first kappa shape index (κ1) is 66.6. The van der Waals surface area contributed by atoms with E-state index in [1.54, 1.807) is 40.8 Å². The fourth-order valence-electron chi connectivity index (χ4n) is 9.77. The first-order valence-corrected chi connectivity index (χ1v) is 26.8. The lowest BCUT2D eigenvalue weighted by Gasteiger charge is -2.45. The Morgan fingerprint density at radius 2 is 1.46 bits per heavy atom. The molecule has 74 heavy (non-hydrogen) atoms. The summed E-state index contributed by atoms with van der Waals surface area (Å²) in [6.45, 7) is 13.2. The van der Waals surface area contributed by atoms with Gasteiger partial charge in [-0.25, -0.2) is 4.79 Å². The van der Waals surface area contributed by atoms with Gasteiger partial charge in [-0.15, -0.1) is 0 Å². The molecule has 0 aromatic rings. The number of carbonyl (C=O) groups is 3. The summed E-state index contributed by atoms with van der Waals surface area (Å²) in [5, 5.41) is 124. The van der Waals surface area contributed by atoms with Crippen molar-refractivity contribution in [1.29, 1.82) is 0 Å². The molecule has 428 valence electrons. The third kappa shape index (κ3) is 24.2. The van der Waals surface area contributed by atoms with Crippen LogP contribution in [0, 0.1) is 41.4 Å². The van der Waals surface area contributed by atoms with E-state index in [4.69, 9.17) is 19.9 Å². The number of cyclic esters (lactones) is 1. The van der Waals surface area contributed by atoms with Gasteiger partial charge < -0.3 is 81.4 Å². The topological polar surface area (TPSA) is 352 Å².